The fourth-order valence-electron chi connectivity index (χ4n) is 2.56. The Balaban J connectivity index is 2.16. The van der Waals surface area contributed by atoms with E-state index in [4.69, 9.17) is 16.7 Å². The molecule has 0 bridgehead atoms. The molecule has 0 fully saturated rings. The molecule has 0 spiro atoms. The van der Waals surface area contributed by atoms with Crippen molar-refractivity contribution in [1.29, 1.82) is 0 Å². The Bertz CT molecular complexity index is 679. The van der Waals surface area contributed by atoms with Gasteiger partial charge in [-0.05, 0) is 6.07 Å². The first-order chi connectivity index (χ1) is 9.47. The van der Waals surface area contributed by atoms with Crippen LogP contribution in [0, 0.1) is 0 Å². The normalized spacial score (nSPS) is 15.5. The van der Waals surface area contributed by atoms with E-state index in [2.05, 4.69) is 37.1 Å². The summed E-state index contributed by atoms with van der Waals surface area (Å²) in [7, 11) is 0. The summed E-state index contributed by atoms with van der Waals surface area (Å²) in [5.74, 6) is 0.981. The number of benzene rings is 1. The monoisotopic (exact) mass is 290 g/mol. The zero-order chi connectivity index (χ0) is 14.3. The molecule has 20 heavy (non-hydrogen) atoms. The molecule has 0 radical (unpaired) electrons. The predicted molar refractivity (Wildman–Crippen MR) is 83.7 cm³/mol. The van der Waals surface area contributed by atoms with E-state index < -0.39 is 0 Å². The van der Waals surface area contributed by atoms with Gasteiger partial charge in [-0.25, -0.2) is 0 Å². The van der Waals surface area contributed by atoms with E-state index >= 15 is 0 Å². The van der Waals surface area contributed by atoms with E-state index in [9.17, 15) is 0 Å². The molecule has 5 heteroatoms. The minimum atomic E-state index is -0.0148. The highest BCUT2D eigenvalue weighted by Crippen LogP contribution is 2.32. The third-order valence-corrected chi connectivity index (χ3v) is 3.78. The molecule has 2 aromatic rings. The summed E-state index contributed by atoms with van der Waals surface area (Å²) in [4.78, 5) is 4.44. The van der Waals surface area contributed by atoms with Crippen LogP contribution in [-0.4, -0.2) is 28.7 Å². The standard InChI is InChI=1S/C15H19ClN4/c1-15(2,3)14-10-5-4-6-11(16)13(10)20(19-14)9-12-17-7-8-18-12/h4-6H,7-9H2,1-3H3,(H,17,18). The van der Waals surface area contributed by atoms with E-state index in [1.165, 1.54) is 0 Å². The Morgan fingerprint density at radius 1 is 1.35 bits per heavy atom. The van der Waals surface area contributed by atoms with Crippen LogP contribution in [0.4, 0.5) is 0 Å². The van der Waals surface area contributed by atoms with Gasteiger partial charge in [0.05, 0.1) is 29.3 Å². The van der Waals surface area contributed by atoms with Crippen LogP contribution in [0.5, 0.6) is 0 Å². The smallest absolute Gasteiger partial charge is 0.118 e. The number of hydrogen-bond acceptors (Lipinski definition) is 3. The molecular formula is C15H19ClN4. The number of hydrogen-bond donors (Lipinski definition) is 1. The second-order valence-corrected chi connectivity index (χ2v) is 6.55. The van der Waals surface area contributed by atoms with Crippen molar-refractivity contribution in [3.63, 3.8) is 0 Å². The molecule has 0 saturated carbocycles. The summed E-state index contributed by atoms with van der Waals surface area (Å²) >= 11 is 6.39. The molecule has 0 unspecified atom stereocenters. The van der Waals surface area contributed by atoms with Crippen molar-refractivity contribution in [2.75, 3.05) is 13.1 Å². The highest BCUT2D eigenvalue weighted by molar-refractivity contribution is 6.35. The van der Waals surface area contributed by atoms with Crippen molar-refractivity contribution in [2.45, 2.75) is 32.7 Å². The molecule has 1 aliphatic heterocycles. The van der Waals surface area contributed by atoms with Gasteiger partial charge in [0.15, 0.2) is 0 Å². The second kappa shape index (κ2) is 4.77. The molecule has 0 aliphatic carbocycles. The van der Waals surface area contributed by atoms with E-state index in [1.54, 1.807) is 0 Å². The van der Waals surface area contributed by atoms with Crippen LogP contribution in [0.3, 0.4) is 0 Å². The molecule has 1 aromatic carbocycles. The lowest BCUT2D eigenvalue weighted by Crippen LogP contribution is -2.24. The summed E-state index contributed by atoms with van der Waals surface area (Å²) in [5.41, 5.74) is 2.06. The number of amidine groups is 1. The number of nitrogens with one attached hydrogen (secondary N) is 1. The van der Waals surface area contributed by atoms with Crippen LogP contribution in [0.25, 0.3) is 10.9 Å². The average molecular weight is 291 g/mol. The summed E-state index contributed by atoms with van der Waals surface area (Å²) < 4.78 is 1.97. The number of fused-ring (bicyclic) bond motifs is 1. The highest BCUT2D eigenvalue weighted by Gasteiger charge is 2.24. The van der Waals surface area contributed by atoms with E-state index in [0.29, 0.717) is 6.54 Å². The molecule has 4 nitrogen and oxygen atoms in total. The lowest BCUT2D eigenvalue weighted by molar-refractivity contribution is 0.554. The quantitative estimate of drug-likeness (QED) is 0.924. The summed E-state index contributed by atoms with van der Waals surface area (Å²) in [6, 6.07) is 5.99. The van der Waals surface area contributed by atoms with Gasteiger partial charge in [-0.2, -0.15) is 5.10 Å². The molecule has 2 heterocycles. The van der Waals surface area contributed by atoms with Gasteiger partial charge < -0.3 is 5.32 Å². The van der Waals surface area contributed by atoms with Gasteiger partial charge in [-0.3, -0.25) is 9.67 Å². The molecule has 1 aromatic heterocycles. The maximum Gasteiger partial charge on any atom is 0.118 e. The first-order valence-corrected chi connectivity index (χ1v) is 7.27. The van der Waals surface area contributed by atoms with Crippen LogP contribution >= 0.6 is 11.6 Å². The number of nitrogens with zero attached hydrogens (tertiary/aromatic N) is 3. The Labute approximate surface area is 123 Å². The van der Waals surface area contributed by atoms with Crippen LogP contribution in [0.1, 0.15) is 26.5 Å². The van der Waals surface area contributed by atoms with Crippen LogP contribution < -0.4 is 5.32 Å². The van der Waals surface area contributed by atoms with Gasteiger partial charge in [0, 0.05) is 17.3 Å². The SMILES string of the molecule is CC(C)(C)c1nn(CC2=NCCN2)c2c(Cl)cccc12. The number of aliphatic imine (C=N–C) groups is 1. The van der Waals surface area contributed by atoms with Crippen molar-refractivity contribution < 1.29 is 0 Å². The lowest BCUT2D eigenvalue weighted by atomic mass is 9.90. The summed E-state index contributed by atoms with van der Waals surface area (Å²) in [6.45, 7) is 8.92. The van der Waals surface area contributed by atoms with Crippen LogP contribution in [0.2, 0.25) is 5.02 Å². The fourth-order valence-corrected chi connectivity index (χ4v) is 2.83. The first kappa shape index (κ1) is 13.4. The zero-order valence-electron chi connectivity index (χ0n) is 12.1. The largest absolute Gasteiger partial charge is 0.370 e. The van der Waals surface area contributed by atoms with Crippen molar-refractivity contribution >= 4 is 28.3 Å². The van der Waals surface area contributed by atoms with Gasteiger partial charge in [0.2, 0.25) is 0 Å². The van der Waals surface area contributed by atoms with Gasteiger partial charge in [0.1, 0.15) is 5.84 Å². The zero-order valence-corrected chi connectivity index (χ0v) is 12.8. The van der Waals surface area contributed by atoms with Gasteiger partial charge in [0.25, 0.3) is 0 Å². The van der Waals surface area contributed by atoms with E-state index in [-0.39, 0.29) is 5.41 Å². The number of aromatic nitrogens is 2. The van der Waals surface area contributed by atoms with Gasteiger partial charge in [-0.1, -0.05) is 44.5 Å². The number of rotatable bonds is 2. The number of para-hydroxylation sites is 1. The van der Waals surface area contributed by atoms with E-state index in [1.807, 2.05) is 16.8 Å². The summed E-state index contributed by atoms with van der Waals surface area (Å²) in [5, 5.41) is 9.95. The molecule has 0 amide bonds. The van der Waals surface area contributed by atoms with Crippen LogP contribution in [-0.2, 0) is 12.0 Å². The average Bonchev–Trinajstić information content (AvgIpc) is 2.97. The lowest BCUT2D eigenvalue weighted by Gasteiger charge is -2.15. The molecule has 1 N–H and O–H groups in total. The maximum atomic E-state index is 6.39. The molecule has 106 valence electrons. The third-order valence-electron chi connectivity index (χ3n) is 3.47. The Hall–Kier alpha value is -1.55. The van der Waals surface area contributed by atoms with Gasteiger partial charge >= 0.3 is 0 Å². The molecular weight excluding hydrogens is 272 g/mol. The molecule has 0 saturated heterocycles. The molecule has 3 rings (SSSR count). The molecule has 0 atom stereocenters. The minimum Gasteiger partial charge on any atom is -0.370 e. The van der Waals surface area contributed by atoms with E-state index in [0.717, 1.165) is 40.5 Å². The second-order valence-electron chi connectivity index (χ2n) is 6.15. The fraction of sp³-hybridized carbons (Fsp3) is 0.467. The van der Waals surface area contributed by atoms with Crippen molar-refractivity contribution in [2.24, 2.45) is 4.99 Å². The van der Waals surface area contributed by atoms with Crippen molar-refractivity contribution in [1.82, 2.24) is 15.1 Å². The van der Waals surface area contributed by atoms with Crippen molar-refractivity contribution in [3.05, 3.63) is 28.9 Å². The minimum absolute atomic E-state index is 0.0148. The summed E-state index contributed by atoms with van der Waals surface area (Å²) in [6.07, 6.45) is 0. The Morgan fingerprint density at radius 3 is 2.80 bits per heavy atom. The third kappa shape index (κ3) is 2.29. The highest BCUT2D eigenvalue weighted by atomic mass is 35.5. The number of halogens is 1. The Kier molecular flexibility index (Phi) is 3.21. The predicted octanol–water partition coefficient (Wildman–Crippen LogP) is 2.99. The van der Waals surface area contributed by atoms with Gasteiger partial charge in [-0.15, -0.1) is 0 Å². The first-order valence-electron chi connectivity index (χ1n) is 6.89. The topological polar surface area (TPSA) is 42.2 Å². The maximum absolute atomic E-state index is 6.39. The van der Waals surface area contributed by atoms with Crippen LogP contribution in [0.15, 0.2) is 23.2 Å². The molecule has 1 aliphatic rings. The van der Waals surface area contributed by atoms with Crippen molar-refractivity contribution in [3.8, 4) is 0 Å². The Morgan fingerprint density at radius 2 is 2.15 bits per heavy atom.